The molecule has 2 rings (SSSR count). The average Bonchev–Trinajstić information content (AvgIpc) is 2.37. The van der Waals surface area contributed by atoms with Crippen LogP contribution in [-0.4, -0.2) is 54.0 Å². The Morgan fingerprint density at radius 1 is 1.39 bits per heavy atom. The van der Waals surface area contributed by atoms with E-state index in [9.17, 15) is 4.79 Å². The molecule has 104 valence electrons. The van der Waals surface area contributed by atoms with Crippen molar-refractivity contribution in [3.63, 3.8) is 0 Å². The topological polar surface area (TPSA) is 49.6 Å². The number of nitrogens with zero attached hydrogens (tertiary/aromatic N) is 2. The maximum Gasteiger partial charge on any atom is 0.242 e. The lowest BCUT2D eigenvalue weighted by Gasteiger charge is -2.47. The van der Waals surface area contributed by atoms with Crippen molar-refractivity contribution in [1.29, 1.82) is 0 Å². The van der Waals surface area contributed by atoms with Gasteiger partial charge < -0.3 is 15.5 Å². The molecule has 0 aromatic heterocycles. The fourth-order valence-corrected chi connectivity index (χ4v) is 3.35. The van der Waals surface area contributed by atoms with E-state index >= 15 is 0 Å². The number of likely N-dealkylation sites (tertiary alicyclic amines) is 2. The van der Waals surface area contributed by atoms with Crippen molar-refractivity contribution >= 4 is 5.91 Å². The first-order valence-electron chi connectivity index (χ1n) is 7.24. The van der Waals surface area contributed by atoms with Gasteiger partial charge >= 0.3 is 0 Å². The van der Waals surface area contributed by atoms with Gasteiger partial charge in [-0.2, -0.15) is 0 Å². The van der Waals surface area contributed by atoms with Gasteiger partial charge in [0.05, 0.1) is 5.54 Å². The molecule has 2 heterocycles. The number of amides is 1. The van der Waals surface area contributed by atoms with E-state index in [0.29, 0.717) is 18.4 Å². The van der Waals surface area contributed by atoms with Gasteiger partial charge in [-0.1, -0.05) is 6.92 Å². The molecule has 0 radical (unpaired) electrons. The zero-order valence-corrected chi connectivity index (χ0v) is 12.0. The number of hydrogen-bond donors (Lipinski definition) is 1. The van der Waals surface area contributed by atoms with E-state index in [1.165, 1.54) is 19.4 Å². The fourth-order valence-electron chi connectivity index (χ4n) is 3.35. The Hall–Kier alpha value is -0.610. The van der Waals surface area contributed by atoms with Gasteiger partial charge in [-0.15, -0.1) is 0 Å². The summed E-state index contributed by atoms with van der Waals surface area (Å²) in [4.78, 5) is 16.9. The van der Waals surface area contributed by atoms with E-state index < -0.39 is 5.54 Å². The first kappa shape index (κ1) is 13.8. The summed E-state index contributed by atoms with van der Waals surface area (Å²) in [5.74, 6) is 0.783. The molecule has 0 saturated carbocycles. The molecule has 4 nitrogen and oxygen atoms in total. The van der Waals surface area contributed by atoms with Crippen LogP contribution >= 0.6 is 0 Å². The molecule has 18 heavy (non-hydrogen) atoms. The molecule has 2 aliphatic rings. The molecular formula is C14H27N3O. The van der Waals surface area contributed by atoms with E-state index in [4.69, 9.17) is 5.73 Å². The third-order valence-corrected chi connectivity index (χ3v) is 4.86. The highest BCUT2D eigenvalue weighted by Gasteiger charge is 2.39. The quantitative estimate of drug-likeness (QED) is 0.800. The first-order chi connectivity index (χ1) is 8.45. The molecule has 1 amide bonds. The van der Waals surface area contributed by atoms with Gasteiger partial charge in [-0.3, -0.25) is 4.79 Å². The lowest BCUT2D eigenvalue weighted by atomic mass is 9.83. The predicted octanol–water partition coefficient (Wildman–Crippen LogP) is 1.06. The fraction of sp³-hybridized carbons (Fsp3) is 0.929. The third kappa shape index (κ3) is 2.54. The molecule has 0 bridgehead atoms. The first-order valence-corrected chi connectivity index (χ1v) is 7.24. The number of rotatable bonds is 2. The smallest absolute Gasteiger partial charge is 0.242 e. The van der Waals surface area contributed by atoms with Gasteiger partial charge in [0.1, 0.15) is 0 Å². The Balaban J connectivity index is 2.00. The van der Waals surface area contributed by atoms with Crippen molar-refractivity contribution in [3.8, 4) is 0 Å². The number of hydrogen-bond acceptors (Lipinski definition) is 3. The number of piperidine rings is 2. The van der Waals surface area contributed by atoms with Crippen LogP contribution in [0.2, 0.25) is 0 Å². The second-order valence-corrected chi connectivity index (χ2v) is 6.26. The molecular weight excluding hydrogens is 226 g/mol. The third-order valence-electron chi connectivity index (χ3n) is 4.86. The lowest BCUT2D eigenvalue weighted by molar-refractivity contribution is -0.140. The number of carbonyl (C=O) groups excluding carboxylic acids is 1. The summed E-state index contributed by atoms with van der Waals surface area (Å²) in [5.41, 5.74) is 5.40. The van der Waals surface area contributed by atoms with E-state index in [2.05, 4.69) is 11.9 Å². The molecule has 2 saturated heterocycles. The Kier molecular flexibility index (Phi) is 3.97. The van der Waals surface area contributed by atoms with Gasteiger partial charge in [-0.05, 0) is 52.1 Å². The summed E-state index contributed by atoms with van der Waals surface area (Å²) in [7, 11) is 2.22. The monoisotopic (exact) mass is 253 g/mol. The van der Waals surface area contributed by atoms with Gasteiger partial charge in [0.15, 0.2) is 0 Å². The summed E-state index contributed by atoms with van der Waals surface area (Å²) < 4.78 is 0. The second kappa shape index (κ2) is 5.17. The molecule has 0 aromatic rings. The standard InChI is InChI=1S/C14H27N3O/c1-4-14(2,15)13(18)17-9-7-12-11(10-17)6-5-8-16(12)3/h11-12H,4-10,15H2,1-3H3. The van der Waals surface area contributed by atoms with Gasteiger partial charge in [-0.25, -0.2) is 0 Å². The zero-order chi connectivity index (χ0) is 13.3. The van der Waals surface area contributed by atoms with Crippen LogP contribution in [0, 0.1) is 5.92 Å². The van der Waals surface area contributed by atoms with Crippen LogP contribution in [0.15, 0.2) is 0 Å². The van der Waals surface area contributed by atoms with Crippen molar-refractivity contribution in [2.75, 3.05) is 26.7 Å². The van der Waals surface area contributed by atoms with Crippen molar-refractivity contribution in [2.24, 2.45) is 11.7 Å². The summed E-state index contributed by atoms with van der Waals surface area (Å²) in [6.45, 7) is 6.82. The van der Waals surface area contributed by atoms with Crippen LogP contribution in [0.4, 0.5) is 0 Å². The SMILES string of the molecule is CCC(C)(N)C(=O)N1CCC2C(CCCN2C)C1. The Morgan fingerprint density at radius 2 is 2.11 bits per heavy atom. The molecule has 2 N–H and O–H groups in total. The molecule has 4 heteroatoms. The average molecular weight is 253 g/mol. The highest BCUT2D eigenvalue weighted by atomic mass is 16.2. The normalized spacial score (nSPS) is 32.8. The molecule has 3 unspecified atom stereocenters. The van der Waals surface area contributed by atoms with Gasteiger partial charge in [0.2, 0.25) is 5.91 Å². The lowest BCUT2D eigenvalue weighted by Crippen LogP contribution is -2.59. The molecule has 0 aliphatic carbocycles. The molecule has 0 aromatic carbocycles. The number of carbonyl (C=O) groups is 1. The molecule has 3 atom stereocenters. The molecule has 0 spiro atoms. The summed E-state index contributed by atoms with van der Waals surface area (Å²) in [6, 6.07) is 0.674. The van der Waals surface area contributed by atoms with Crippen LogP contribution in [0.25, 0.3) is 0 Å². The summed E-state index contributed by atoms with van der Waals surface area (Å²) in [5, 5.41) is 0. The van der Waals surface area contributed by atoms with E-state index in [-0.39, 0.29) is 5.91 Å². The maximum absolute atomic E-state index is 12.4. The predicted molar refractivity (Wildman–Crippen MR) is 73.2 cm³/mol. The minimum Gasteiger partial charge on any atom is -0.341 e. The molecule has 2 aliphatic heterocycles. The maximum atomic E-state index is 12.4. The van der Waals surface area contributed by atoms with Crippen molar-refractivity contribution in [1.82, 2.24) is 9.80 Å². The van der Waals surface area contributed by atoms with E-state index in [1.54, 1.807) is 0 Å². The van der Waals surface area contributed by atoms with Crippen LogP contribution in [-0.2, 0) is 4.79 Å². The van der Waals surface area contributed by atoms with Crippen LogP contribution in [0.1, 0.15) is 39.5 Å². The van der Waals surface area contributed by atoms with Gasteiger partial charge in [0.25, 0.3) is 0 Å². The van der Waals surface area contributed by atoms with Crippen molar-refractivity contribution in [3.05, 3.63) is 0 Å². The van der Waals surface area contributed by atoms with Gasteiger partial charge in [0, 0.05) is 19.1 Å². The van der Waals surface area contributed by atoms with Crippen LogP contribution in [0.5, 0.6) is 0 Å². The van der Waals surface area contributed by atoms with Crippen LogP contribution in [0.3, 0.4) is 0 Å². The largest absolute Gasteiger partial charge is 0.341 e. The highest BCUT2D eigenvalue weighted by Crippen LogP contribution is 2.30. The van der Waals surface area contributed by atoms with E-state index in [0.717, 1.165) is 19.5 Å². The van der Waals surface area contributed by atoms with Crippen LogP contribution < -0.4 is 5.73 Å². The van der Waals surface area contributed by atoms with Crippen molar-refractivity contribution < 1.29 is 4.79 Å². The summed E-state index contributed by atoms with van der Waals surface area (Å²) in [6.07, 6.45) is 4.32. The summed E-state index contributed by atoms with van der Waals surface area (Å²) >= 11 is 0. The Bertz CT molecular complexity index is 316. The van der Waals surface area contributed by atoms with Crippen molar-refractivity contribution in [2.45, 2.75) is 51.1 Å². The van der Waals surface area contributed by atoms with E-state index in [1.807, 2.05) is 18.7 Å². The Morgan fingerprint density at radius 3 is 2.78 bits per heavy atom. The number of nitrogens with two attached hydrogens (primary N) is 1. The zero-order valence-electron chi connectivity index (χ0n) is 12.0. The number of fused-ring (bicyclic) bond motifs is 1. The minimum atomic E-state index is -0.687. The highest BCUT2D eigenvalue weighted by molar-refractivity contribution is 5.85. The molecule has 2 fully saturated rings. The minimum absolute atomic E-state index is 0.136. The second-order valence-electron chi connectivity index (χ2n) is 6.26. The Labute approximate surface area is 110 Å².